The average Bonchev–Trinajstić information content (AvgIpc) is 2.99. The monoisotopic (exact) mass is 471 g/mol. The van der Waals surface area contributed by atoms with Gasteiger partial charge in [-0.25, -0.2) is 9.59 Å². The highest BCUT2D eigenvalue weighted by atomic mass is 35.5. The number of thiocarbonyl (C=S) groups is 1. The average molecular weight is 472 g/mol. The molecule has 0 atom stereocenters. The fourth-order valence-electron chi connectivity index (χ4n) is 2.42. The lowest BCUT2D eigenvalue weighted by molar-refractivity contribution is -0.384. The van der Waals surface area contributed by atoms with Crippen LogP contribution in [0.4, 0.5) is 16.4 Å². The molecule has 0 bridgehead atoms. The molecule has 12 heteroatoms. The predicted octanol–water partition coefficient (Wildman–Crippen LogP) is 4.78. The Morgan fingerprint density at radius 2 is 1.83 bits per heavy atom. The van der Waals surface area contributed by atoms with E-state index >= 15 is 0 Å². The Morgan fingerprint density at radius 3 is 2.43 bits per heavy atom. The van der Waals surface area contributed by atoms with E-state index in [9.17, 15) is 19.7 Å². The van der Waals surface area contributed by atoms with Crippen molar-refractivity contribution < 1.29 is 24.0 Å². The van der Waals surface area contributed by atoms with Crippen molar-refractivity contribution in [1.82, 2.24) is 0 Å². The number of esters is 2. The van der Waals surface area contributed by atoms with Crippen LogP contribution in [0.5, 0.6) is 0 Å². The maximum absolute atomic E-state index is 12.4. The van der Waals surface area contributed by atoms with Gasteiger partial charge < -0.3 is 20.1 Å². The lowest BCUT2D eigenvalue weighted by atomic mass is 10.1. The summed E-state index contributed by atoms with van der Waals surface area (Å²) in [5.74, 6) is -1.19. The first kappa shape index (κ1) is 23.5. The van der Waals surface area contributed by atoms with E-state index < -0.39 is 16.9 Å². The van der Waals surface area contributed by atoms with Crippen LogP contribution in [0.3, 0.4) is 0 Å². The van der Waals surface area contributed by atoms with Crippen LogP contribution in [0.1, 0.15) is 39.4 Å². The summed E-state index contributed by atoms with van der Waals surface area (Å²) in [5.41, 5.74) is 0.586. The van der Waals surface area contributed by atoms with Gasteiger partial charge in [0.2, 0.25) is 0 Å². The first-order valence-electron chi connectivity index (χ1n) is 8.69. The molecule has 0 aliphatic heterocycles. The number of halogens is 1. The van der Waals surface area contributed by atoms with Gasteiger partial charge in [-0.05, 0) is 44.6 Å². The summed E-state index contributed by atoms with van der Waals surface area (Å²) in [6.07, 6.45) is 0. The van der Waals surface area contributed by atoms with Crippen molar-refractivity contribution in [2.45, 2.75) is 20.8 Å². The molecule has 0 aliphatic carbocycles. The van der Waals surface area contributed by atoms with Crippen LogP contribution in [0, 0.1) is 17.0 Å². The first-order chi connectivity index (χ1) is 14.2. The number of carbonyl (C=O) groups excluding carboxylic acids is 2. The van der Waals surface area contributed by atoms with Crippen molar-refractivity contribution in [3.05, 3.63) is 49.3 Å². The fraction of sp³-hybridized carbons (Fsp3) is 0.278. The summed E-state index contributed by atoms with van der Waals surface area (Å²) in [5, 5.41) is 17.1. The number of benzene rings is 1. The minimum Gasteiger partial charge on any atom is -0.462 e. The van der Waals surface area contributed by atoms with E-state index in [1.54, 1.807) is 20.8 Å². The second-order valence-corrected chi connectivity index (χ2v) is 7.54. The molecule has 0 saturated heterocycles. The Labute approximate surface area is 186 Å². The van der Waals surface area contributed by atoms with Gasteiger partial charge in [0, 0.05) is 12.1 Å². The number of nitrogens with zero attached hydrogens (tertiary/aromatic N) is 1. The SMILES string of the molecule is CCOC(=O)c1sc(NC(=S)Nc2cc([N+](=O)[O-])ccc2Cl)c(C(=O)OCC)c1C. The van der Waals surface area contributed by atoms with Crippen molar-refractivity contribution in [3.8, 4) is 0 Å². The number of non-ortho nitro benzene ring substituents is 1. The van der Waals surface area contributed by atoms with Crippen molar-refractivity contribution >= 4 is 68.6 Å². The maximum Gasteiger partial charge on any atom is 0.348 e. The van der Waals surface area contributed by atoms with Crippen molar-refractivity contribution in [2.75, 3.05) is 23.8 Å². The highest BCUT2D eigenvalue weighted by Gasteiger charge is 2.27. The van der Waals surface area contributed by atoms with E-state index in [4.69, 9.17) is 33.3 Å². The van der Waals surface area contributed by atoms with E-state index in [1.165, 1.54) is 18.2 Å². The molecule has 0 aliphatic rings. The number of hydrogen-bond donors (Lipinski definition) is 2. The van der Waals surface area contributed by atoms with Gasteiger partial charge in [-0.2, -0.15) is 0 Å². The summed E-state index contributed by atoms with van der Waals surface area (Å²) in [6.45, 7) is 5.27. The maximum atomic E-state index is 12.4. The van der Waals surface area contributed by atoms with Crippen LogP contribution in [0.25, 0.3) is 0 Å². The number of anilines is 2. The standard InChI is InChI=1S/C18H18ClN3O6S2/c1-4-27-16(23)13-9(3)14(17(24)28-5-2)30-15(13)21-18(29)20-12-8-10(22(25)26)6-7-11(12)19/h6-8H,4-5H2,1-3H3,(H2,20,21,29). The zero-order valence-corrected chi connectivity index (χ0v) is 18.6. The molecule has 1 aromatic heterocycles. The van der Waals surface area contributed by atoms with Gasteiger partial charge in [0.15, 0.2) is 5.11 Å². The number of ether oxygens (including phenoxy) is 2. The third kappa shape index (κ3) is 5.43. The molecule has 1 aromatic carbocycles. The van der Waals surface area contributed by atoms with Crippen LogP contribution in [0.2, 0.25) is 5.02 Å². The molecule has 1 heterocycles. The number of nitro groups is 1. The van der Waals surface area contributed by atoms with Gasteiger partial charge in [-0.15, -0.1) is 11.3 Å². The van der Waals surface area contributed by atoms with E-state index in [1.807, 2.05) is 0 Å². The molecule has 0 fully saturated rings. The van der Waals surface area contributed by atoms with Gasteiger partial charge in [0.1, 0.15) is 9.88 Å². The molecule has 160 valence electrons. The Bertz CT molecular complexity index is 1010. The summed E-state index contributed by atoms with van der Waals surface area (Å²) in [7, 11) is 0. The second kappa shape index (κ2) is 10.3. The third-order valence-electron chi connectivity index (χ3n) is 3.72. The summed E-state index contributed by atoms with van der Waals surface area (Å²) >= 11 is 12.3. The van der Waals surface area contributed by atoms with Crippen molar-refractivity contribution in [3.63, 3.8) is 0 Å². The highest BCUT2D eigenvalue weighted by molar-refractivity contribution is 7.80. The largest absolute Gasteiger partial charge is 0.462 e. The molecule has 0 radical (unpaired) electrons. The number of thiophene rings is 1. The number of nitrogens with one attached hydrogen (secondary N) is 2. The first-order valence-corrected chi connectivity index (χ1v) is 10.3. The summed E-state index contributed by atoms with van der Waals surface area (Å²) in [4.78, 5) is 35.3. The molecular weight excluding hydrogens is 454 g/mol. The number of nitro benzene ring substituents is 1. The third-order valence-corrected chi connectivity index (χ3v) is 5.44. The Morgan fingerprint density at radius 1 is 1.20 bits per heavy atom. The lowest BCUT2D eigenvalue weighted by Crippen LogP contribution is -2.20. The van der Waals surface area contributed by atoms with Gasteiger partial charge >= 0.3 is 11.9 Å². The summed E-state index contributed by atoms with van der Waals surface area (Å²) in [6, 6.07) is 3.85. The van der Waals surface area contributed by atoms with E-state index in [-0.39, 0.29) is 50.2 Å². The van der Waals surface area contributed by atoms with Crippen molar-refractivity contribution in [2.24, 2.45) is 0 Å². The van der Waals surface area contributed by atoms with Crippen molar-refractivity contribution in [1.29, 1.82) is 0 Å². The molecule has 0 amide bonds. The van der Waals surface area contributed by atoms with E-state index in [0.717, 1.165) is 11.3 Å². The quantitative estimate of drug-likeness (QED) is 0.254. The van der Waals surface area contributed by atoms with E-state index in [0.29, 0.717) is 5.56 Å². The molecule has 2 aromatic rings. The van der Waals surface area contributed by atoms with Crippen LogP contribution < -0.4 is 10.6 Å². The molecule has 30 heavy (non-hydrogen) atoms. The molecular formula is C18H18ClN3O6S2. The zero-order valence-electron chi connectivity index (χ0n) is 16.2. The van der Waals surface area contributed by atoms with Gasteiger partial charge in [-0.1, -0.05) is 11.6 Å². The highest BCUT2D eigenvalue weighted by Crippen LogP contribution is 2.35. The Kier molecular flexibility index (Phi) is 8.09. The van der Waals surface area contributed by atoms with Crippen LogP contribution in [-0.2, 0) is 9.47 Å². The molecule has 0 saturated carbocycles. The van der Waals surface area contributed by atoms with Gasteiger partial charge in [0.25, 0.3) is 5.69 Å². The lowest BCUT2D eigenvalue weighted by Gasteiger charge is -2.12. The summed E-state index contributed by atoms with van der Waals surface area (Å²) < 4.78 is 10.1. The predicted molar refractivity (Wildman–Crippen MR) is 119 cm³/mol. The van der Waals surface area contributed by atoms with Crippen LogP contribution in [0.15, 0.2) is 18.2 Å². The molecule has 0 unspecified atom stereocenters. The fourth-order valence-corrected chi connectivity index (χ4v) is 3.96. The molecule has 0 spiro atoms. The van der Waals surface area contributed by atoms with E-state index in [2.05, 4.69) is 10.6 Å². The smallest absolute Gasteiger partial charge is 0.348 e. The second-order valence-electron chi connectivity index (χ2n) is 5.70. The van der Waals surface area contributed by atoms with Gasteiger partial charge in [0.05, 0.1) is 34.4 Å². The van der Waals surface area contributed by atoms with Gasteiger partial charge in [-0.3, -0.25) is 10.1 Å². The Hall–Kier alpha value is -2.76. The minimum atomic E-state index is -0.625. The topological polar surface area (TPSA) is 120 Å². The van der Waals surface area contributed by atoms with Crippen LogP contribution in [-0.4, -0.2) is 35.2 Å². The molecule has 9 nitrogen and oxygen atoms in total. The van der Waals surface area contributed by atoms with Crippen LogP contribution >= 0.6 is 35.2 Å². The molecule has 2 rings (SSSR count). The normalized spacial score (nSPS) is 10.3. The number of rotatable bonds is 7. The zero-order chi connectivity index (χ0) is 22.4. The minimum absolute atomic E-state index is 0.0135. The molecule has 2 N–H and O–H groups in total. The Balaban J connectivity index is 2.34. The number of carbonyl (C=O) groups is 2. The number of hydrogen-bond acceptors (Lipinski definition) is 8.